The minimum atomic E-state index is -0.930. The Morgan fingerprint density at radius 3 is 2.28 bits per heavy atom. The fourth-order valence-electron chi connectivity index (χ4n) is 18.6. The van der Waals surface area contributed by atoms with E-state index in [4.69, 9.17) is 30.0 Å². The van der Waals surface area contributed by atoms with Crippen molar-refractivity contribution in [1.29, 1.82) is 0 Å². The third kappa shape index (κ3) is 12.6. The molecule has 3 amide bonds. The summed E-state index contributed by atoms with van der Waals surface area (Å²) in [7, 11) is 0. The summed E-state index contributed by atoms with van der Waals surface area (Å²) in [6.07, 6.45) is 12.9. The topological polar surface area (TPSA) is 235 Å². The summed E-state index contributed by atoms with van der Waals surface area (Å²) in [4.78, 5) is 78.7. The number of ketones is 1. The third-order valence-electron chi connectivity index (χ3n) is 22.1. The number of aryl methyl sites for hydroxylation is 1. The van der Waals surface area contributed by atoms with E-state index in [0.717, 1.165) is 124 Å². The fraction of sp³-hybridized carbons (Fsp3) is 0.562. The Hall–Kier alpha value is -7.04. The lowest BCUT2D eigenvalue weighted by atomic mass is 9.39. The molecular formula is C73H91N13O6S2. The Balaban J connectivity index is 0.690. The van der Waals surface area contributed by atoms with E-state index in [0.29, 0.717) is 42.4 Å². The van der Waals surface area contributed by atoms with Gasteiger partial charge in [-0.2, -0.15) is 5.10 Å². The number of pyridine rings is 1. The van der Waals surface area contributed by atoms with E-state index in [2.05, 4.69) is 74.5 Å². The number of fused-ring (bicyclic) bond motifs is 2. The summed E-state index contributed by atoms with van der Waals surface area (Å²) in [6.45, 7) is 24.3. The van der Waals surface area contributed by atoms with Gasteiger partial charge in [0.15, 0.2) is 22.6 Å². The molecule has 94 heavy (non-hydrogen) atoms. The first-order chi connectivity index (χ1) is 44.9. The number of aliphatic hydroxyl groups excluding tert-OH is 1. The predicted molar refractivity (Wildman–Crippen MR) is 367 cm³/mol. The van der Waals surface area contributed by atoms with Crippen LogP contribution in [0.2, 0.25) is 0 Å². The quantitative estimate of drug-likeness (QED) is 0.0477. The van der Waals surface area contributed by atoms with Gasteiger partial charge in [-0.05, 0) is 188 Å². The van der Waals surface area contributed by atoms with Crippen molar-refractivity contribution >= 4 is 79.0 Å². The maximum atomic E-state index is 15.2. The van der Waals surface area contributed by atoms with Crippen LogP contribution in [-0.2, 0) is 32.1 Å². The number of anilines is 4. The van der Waals surface area contributed by atoms with Gasteiger partial charge in [0, 0.05) is 65.5 Å². The molecule has 2 aromatic carbocycles. The van der Waals surface area contributed by atoms with Crippen LogP contribution in [0.3, 0.4) is 0 Å². The number of hydrogen-bond donors (Lipinski definition) is 5. The smallest absolute Gasteiger partial charge is 0.270 e. The SMILES string of the molecule is Cc1ncsc1-c1ccc([C@H](C)NC(=O)[C@@H]2C[C@@H](O)CC2C(=O)[C@@H](NC(=O)C2CC(NC(=O)c3nc(N4CCCc5c4nnc(Nc4nc6ccccc6s4)c5C)ccc3-c3cnn(CC45CC6(C)CC(C)(C4)CC(OCCN4CCCC4)(C6)C5)c3C)C2)C(C)(C)C)cc1. The second kappa shape index (κ2) is 24.9. The predicted octanol–water partition coefficient (Wildman–Crippen LogP) is 12.3. The second-order valence-electron chi connectivity index (χ2n) is 31.0. The first-order valence-electron chi connectivity index (χ1n) is 34.2. The number of amides is 3. The van der Waals surface area contributed by atoms with Crippen LogP contribution in [0.1, 0.15) is 170 Å². The van der Waals surface area contributed by atoms with Crippen molar-refractivity contribution in [2.24, 2.45) is 39.4 Å². The number of nitrogens with zero attached hydrogens (tertiary/aromatic N) is 9. The molecule has 15 rings (SSSR count). The molecule has 0 radical (unpaired) electrons. The molecule has 3 unspecified atom stereocenters. The molecule has 8 aliphatic rings. The molecule has 6 aliphatic carbocycles. The molecule has 21 heteroatoms. The molecule has 496 valence electrons. The highest BCUT2D eigenvalue weighted by atomic mass is 32.1. The van der Waals surface area contributed by atoms with Crippen LogP contribution >= 0.6 is 22.7 Å². The highest BCUT2D eigenvalue weighted by Crippen LogP contribution is 2.72. The van der Waals surface area contributed by atoms with E-state index in [1.165, 1.54) is 32.4 Å². The molecule has 5 aromatic heterocycles. The normalized spacial score (nSPS) is 27.9. The highest BCUT2D eigenvalue weighted by molar-refractivity contribution is 7.22. The summed E-state index contributed by atoms with van der Waals surface area (Å²) in [5.41, 5.74) is 9.95. The third-order valence-corrected chi connectivity index (χ3v) is 24.1. The van der Waals surface area contributed by atoms with Crippen LogP contribution < -0.4 is 26.2 Å². The number of para-hydroxylation sites is 1. The summed E-state index contributed by atoms with van der Waals surface area (Å²) in [5.74, 6) is -1.34. The van der Waals surface area contributed by atoms with Crippen LogP contribution in [0.5, 0.6) is 0 Å². The Morgan fingerprint density at radius 2 is 1.55 bits per heavy atom. The van der Waals surface area contributed by atoms with Crippen molar-refractivity contribution in [2.75, 3.05) is 43.0 Å². The van der Waals surface area contributed by atoms with Gasteiger partial charge in [0.2, 0.25) is 11.8 Å². The molecule has 4 bridgehead atoms. The summed E-state index contributed by atoms with van der Waals surface area (Å²) >= 11 is 3.15. The monoisotopic (exact) mass is 1310 g/mol. The van der Waals surface area contributed by atoms with E-state index in [1.54, 1.807) is 22.7 Å². The number of carbonyl (C=O) groups is 4. The molecule has 2 aliphatic heterocycles. The molecule has 19 nitrogen and oxygen atoms in total. The Kier molecular flexibility index (Phi) is 17.0. The number of thiazole rings is 2. The van der Waals surface area contributed by atoms with E-state index in [9.17, 15) is 19.5 Å². The summed E-state index contributed by atoms with van der Waals surface area (Å²) in [5, 5.41) is 39.5. The van der Waals surface area contributed by atoms with E-state index in [-0.39, 0.29) is 76.0 Å². The lowest BCUT2D eigenvalue weighted by Gasteiger charge is -2.69. The van der Waals surface area contributed by atoms with Gasteiger partial charge >= 0.3 is 0 Å². The maximum Gasteiger partial charge on any atom is 0.270 e. The average molecular weight is 1310 g/mol. The van der Waals surface area contributed by atoms with Gasteiger partial charge in [0.05, 0.1) is 68.8 Å². The van der Waals surface area contributed by atoms with Gasteiger partial charge in [-0.3, -0.25) is 23.9 Å². The van der Waals surface area contributed by atoms with Crippen molar-refractivity contribution in [3.8, 4) is 21.6 Å². The number of hydrogen-bond acceptors (Lipinski definition) is 17. The average Bonchev–Trinajstić information content (AvgIpc) is 1.09. The van der Waals surface area contributed by atoms with Crippen LogP contribution in [0.15, 0.2) is 72.4 Å². The molecule has 7 aromatic rings. The van der Waals surface area contributed by atoms with Crippen LogP contribution in [0, 0.1) is 60.2 Å². The number of nitrogens with one attached hydrogen (secondary N) is 4. The number of aromatic nitrogens is 7. The summed E-state index contributed by atoms with van der Waals surface area (Å²) in [6, 6.07) is 18.4. The number of aliphatic hydroxyl groups is 1. The van der Waals surface area contributed by atoms with Crippen molar-refractivity contribution in [3.05, 3.63) is 106 Å². The van der Waals surface area contributed by atoms with Gasteiger partial charge < -0.3 is 40.9 Å². The fourth-order valence-corrected chi connectivity index (χ4v) is 20.3. The number of Topliss-reactive ketones (excluding diaryl/α,β-unsaturated/α-hetero) is 1. The van der Waals surface area contributed by atoms with Crippen LogP contribution in [0.25, 0.3) is 31.8 Å². The minimum Gasteiger partial charge on any atom is -0.393 e. The van der Waals surface area contributed by atoms with Crippen molar-refractivity contribution < 1.29 is 29.0 Å². The number of benzene rings is 2. The zero-order chi connectivity index (χ0) is 65.6. The van der Waals surface area contributed by atoms with Gasteiger partial charge in [0.1, 0.15) is 11.5 Å². The lowest BCUT2D eigenvalue weighted by Crippen LogP contribution is -2.64. The molecular weight excluding hydrogens is 1220 g/mol. The van der Waals surface area contributed by atoms with E-state index < -0.39 is 35.3 Å². The minimum absolute atomic E-state index is 0.00779. The molecule has 0 spiro atoms. The number of rotatable bonds is 20. The molecule has 5 N–H and O–H groups in total. The van der Waals surface area contributed by atoms with Gasteiger partial charge in [0.25, 0.3) is 5.91 Å². The highest BCUT2D eigenvalue weighted by Gasteiger charge is 2.66. The Bertz CT molecular complexity index is 4000. The molecule has 7 fully saturated rings. The molecule has 7 heterocycles. The largest absolute Gasteiger partial charge is 0.393 e. The van der Waals surface area contributed by atoms with E-state index in [1.807, 2.05) is 101 Å². The first kappa shape index (κ1) is 64.3. The lowest BCUT2D eigenvalue weighted by molar-refractivity contribution is -0.248. The zero-order valence-electron chi connectivity index (χ0n) is 55.9. The number of ether oxygens (including phenoxy) is 1. The van der Waals surface area contributed by atoms with Gasteiger partial charge in [-0.25, -0.2) is 15.0 Å². The first-order valence-corrected chi connectivity index (χ1v) is 35.9. The molecule has 6 saturated carbocycles. The summed E-state index contributed by atoms with van der Waals surface area (Å²) < 4.78 is 10.4. The Labute approximate surface area is 559 Å². The van der Waals surface area contributed by atoms with Gasteiger partial charge in [-0.1, -0.05) is 82.4 Å². The molecule has 7 atom stereocenters. The van der Waals surface area contributed by atoms with E-state index >= 15 is 4.79 Å². The van der Waals surface area contributed by atoms with Crippen LogP contribution in [-0.4, -0.2) is 125 Å². The van der Waals surface area contributed by atoms with Crippen molar-refractivity contribution in [1.82, 2.24) is 55.8 Å². The van der Waals surface area contributed by atoms with Gasteiger partial charge in [-0.15, -0.1) is 21.5 Å². The standard InChI is InChI=1S/C73H91N13O6S2/c1-42-51-15-14-26-85(64(51)83-82-63(42)81-68-78-56-16-10-11-17-57(56)94-68)58-23-22-52(55-33-75-86(45(55)4)40-72-35-70(8)34-71(9,36-72)38-73(37-70,39-72)92-28-27-84-24-12-13-25-84)59(79-58)67(91)77-49-29-48(30-49)65(89)80-62(69(5,6)7)60(88)53-31-50(87)32-54(53)66(90)76-43(2)46-18-20-47(21-19-46)61-44(3)74-41-93-61/h10-11,16-23,33,41,43,48-50,53-54,62,87H,12-15,24-32,34-40H2,1-9H3,(H,76,90)(H,77,91)(H,80,89)(H,78,81,82)/t43-,48?,49?,50-,53?,54+,62+,70?,71?,72?,73?/m0/s1. The second-order valence-corrected chi connectivity index (χ2v) is 32.9. The Morgan fingerprint density at radius 1 is 0.809 bits per heavy atom. The maximum absolute atomic E-state index is 15.2. The molecule has 1 saturated heterocycles. The van der Waals surface area contributed by atoms with Crippen molar-refractivity contribution in [3.63, 3.8) is 0 Å². The van der Waals surface area contributed by atoms with Crippen LogP contribution in [0.4, 0.5) is 22.6 Å². The number of likely N-dealkylation sites (tertiary alicyclic amines) is 1. The van der Waals surface area contributed by atoms with Crippen molar-refractivity contribution in [2.45, 2.75) is 189 Å². The number of carbonyl (C=O) groups excluding carboxylic acids is 4. The zero-order valence-corrected chi connectivity index (χ0v) is 57.6.